The number of ether oxygens (including phenoxy) is 2. The number of hydrogen-bond donors (Lipinski definition) is 0. The minimum Gasteiger partial charge on any atom is -0.463 e. The second-order valence-electron chi connectivity index (χ2n) is 15.3. The van der Waals surface area contributed by atoms with Crippen molar-refractivity contribution in [3.63, 3.8) is 0 Å². The van der Waals surface area contributed by atoms with Gasteiger partial charge >= 0.3 is 5.97 Å². The van der Waals surface area contributed by atoms with E-state index in [1.54, 1.807) is 12.5 Å². The second kappa shape index (κ2) is 15.2. The van der Waals surface area contributed by atoms with Crippen LogP contribution in [0.25, 0.3) is 0 Å². The molecule has 234 valence electrons. The SMILES string of the molecule is COC1CCC(/C(=C/C2CCC(N(C3CCC(C)CC3)C3CCC(C)CC3)CC2)C2CCC(OC(C)=O)CC2)CC1. The molecule has 5 rings (SSSR count). The van der Waals surface area contributed by atoms with Gasteiger partial charge in [-0.2, -0.15) is 0 Å². The first kappa shape index (κ1) is 31.6. The maximum Gasteiger partial charge on any atom is 0.302 e. The smallest absolute Gasteiger partial charge is 0.302 e. The summed E-state index contributed by atoms with van der Waals surface area (Å²) >= 11 is 0. The molecule has 0 unspecified atom stereocenters. The quantitative estimate of drug-likeness (QED) is 0.216. The van der Waals surface area contributed by atoms with Gasteiger partial charge in [-0.25, -0.2) is 0 Å². The average Bonchev–Trinajstić information content (AvgIpc) is 2.99. The molecule has 0 aromatic rings. The van der Waals surface area contributed by atoms with Crippen LogP contribution >= 0.6 is 0 Å². The van der Waals surface area contributed by atoms with Crippen LogP contribution in [0, 0.1) is 29.6 Å². The zero-order valence-electron chi connectivity index (χ0n) is 27.2. The van der Waals surface area contributed by atoms with E-state index in [4.69, 9.17) is 9.47 Å². The molecule has 4 heteroatoms. The fourth-order valence-corrected chi connectivity index (χ4v) is 9.80. The Morgan fingerprint density at radius 1 is 0.585 bits per heavy atom. The van der Waals surface area contributed by atoms with Crippen LogP contribution in [-0.4, -0.2) is 48.3 Å². The Bertz CT molecular complexity index is 793. The van der Waals surface area contributed by atoms with Crippen LogP contribution in [-0.2, 0) is 14.3 Å². The first-order valence-electron chi connectivity index (χ1n) is 18.1. The largest absolute Gasteiger partial charge is 0.463 e. The van der Waals surface area contributed by atoms with Crippen LogP contribution in [0.1, 0.15) is 149 Å². The highest BCUT2D eigenvalue weighted by Crippen LogP contribution is 2.44. The lowest BCUT2D eigenvalue weighted by Crippen LogP contribution is -2.52. The molecule has 0 atom stereocenters. The molecule has 0 N–H and O–H groups in total. The van der Waals surface area contributed by atoms with Crippen LogP contribution in [0.3, 0.4) is 0 Å². The van der Waals surface area contributed by atoms with E-state index in [2.05, 4.69) is 24.8 Å². The number of hydrogen-bond acceptors (Lipinski definition) is 4. The van der Waals surface area contributed by atoms with Crippen molar-refractivity contribution in [2.24, 2.45) is 29.6 Å². The van der Waals surface area contributed by atoms with Gasteiger partial charge < -0.3 is 9.47 Å². The van der Waals surface area contributed by atoms with Crippen molar-refractivity contribution in [3.05, 3.63) is 11.6 Å². The van der Waals surface area contributed by atoms with E-state index in [0.717, 1.165) is 54.6 Å². The van der Waals surface area contributed by atoms with Crippen molar-refractivity contribution >= 4 is 5.97 Å². The monoisotopic (exact) mass is 569 g/mol. The molecule has 0 radical (unpaired) electrons. The summed E-state index contributed by atoms with van der Waals surface area (Å²) in [6, 6.07) is 2.51. The maximum absolute atomic E-state index is 11.6. The van der Waals surface area contributed by atoms with Gasteiger partial charge in [0, 0.05) is 32.2 Å². The summed E-state index contributed by atoms with van der Waals surface area (Å²) in [6.07, 6.45) is 30.0. The predicted octanol–water partition coefficient (Wildman–Crippen LogP) is 9.26. The third-order valence-corrected chi connectivity index (χ3v) is 12.4. The molecule has 0 aromatic heterocycles. The molecule has 5 fully saturated rings. The molecule has 5 saturated carbocycles. The van der Waals surface area contributed by atoms with Gasteiger partial charge in [-0.3, -0.25) is 9.69 Å². The summed E-state index contributed by atoms with van der Waals surface area (Å²) in [6.45, 7) is 6.51. The number of allylic oxidation sites excluding steroid dienone is 2. The van der Waals surface area contributed by atoms with Crippen LogP contribution in [0.5, 0.6) is 0 Å². The zero-order chi connectivity index (χ0) is 28.8. The lowest BCUT2D eigenvalue weighted by molar-refractivity contribution is -0.148. The van der Waals surface area contributed by atoms with Crippen LogP contribution in [0.15, 0.2) is 11.6 Å². The van der Waals surface area contributed by atoms with Crippen molar-refractivity contribution in [2.75, 3.05) is 7.11 Å². The summed E-state index contributed by atoms with van der Waals surface area (Å²) in [5.41, 5.74) is 1.80. The van der Waals surface area contributed by atoms with Crippen LogP contribution in [0.2, 0.25) is 0 Å². The van der Waals surface area contributed by atoms with Gasteiger partial charge in [0.15, 0.2) is 0 Å². The fraction of sp³-hybridized carbons (Fsp3) is 0.919. The van der Waals surface area contributed by atoms with Crippen LogP contribution in [0.4, 0.5) is 0 Å². The van der Waals surface area contributed by atoms with E-state index in [-0.39, 0.29) is 12.1 Å². The molecular weight excluding hydrogens is 506 g/mol. The summed E-state index contributed by atoms with van der Waals surface area (Å²) < 4.78 is 11.3. The standard InChI is InChI=1S/C37H63NO3/c1-26-5-15-32(16-6-26)38(33-17-7-27(2)8-18-33)34-19-9-29(10-20-34)25-37(30-11-21-35(40-4)22-12-30)31-13-23-36(24-14-31)41-28(3)39/h25-27,29-36H,5-24H2,1-4H3/b37-25-. The molecule has 0 heterocycles. The minimum atomic E-state index is -0.113. The summed E-state index contributed by atoms with van der Waals surface area (Å²) in [7, 11) is 1.89. The Labute approximate surface area is 252 Å². The Morgan fingerprint density at radius 3 is 1.41 bits per heavy atom. The third kappa shape index (κ3) is 8.62. The van der Waals surface area contributed by atoms with Gasteiger partial charge in [0.2, 0.25) is 0 Å². The van der Waals surface area contributed by atoms with Gasteiger partial charge in [-0.05, 0) is 158 Å². The Balaban J connectivity index is 1.24. The molecule has 5 aliphatic rings. The minimum absolute atomic E-state index is 0.113. The van der Waals surface area contributed by atoms with E-state index < -0.39 is 0 Å². The number of rotatable bonds is 8. The number of carbonyl (C=O) groups excluding carboxylic acids is 1. The Kier molecular flexibility index (Phi) is 11.7. The van der Waals surface area contributed by atoms with Crippen molar-refractivity contribution in [3.8, 4) is 0 Å². The molecule has 0 spiro atoms. The maximum atomic E-state index is 11.6. The van der Waals surface area contributed by atoms with Crippen LogP contribution < -0.4 is 0 Å². The normalized spacial score (nSPS) is 41.2. The molecule has 0 aromatic carbocycles. The van der Waals surface area contributed by atoms with Gasteiger partial charge in [-0.1, -0.05) is 25.5 Å². The van der Waals surface area contributed by atoms with Gasteiger partial charge in [0.25, 0.3) is 0 Å². The number of methoxy groups -OCH3 is 1. The average molecular weight is 570 g/mol. The van der Waals surface area contributed by atoms with Gasteiger partial charge in [-0.15, -0.1) is 0 Å². The number of nitrogens with zero attached hydrogens (tertiary/aromatic N) is 1. The molecule has 0 amide bonds. The summed E-state index contributed by atoms with van der Waals surface area (Å²) in [5.74, 6) is 3.93. The van der Waals surface area contributed by atoms with Crippen molar-refractivity contribution in [1.82, 2.24) is 4.90 Å². The zero-order valence-corrected chi connectivity index (χ0v) is 27.2. The molecule has 5 aliphatic carbocycles. The molecule has 0 aliphatic heterocycles. The van der Waals surface area contributed by atoms with Gasteiger partial charge in [0.1, 0.15) is 6.10 Å². The highest BCUT2D eigenvalue weighted by atomic mass is 16.5. The third-order valence-electron chi connectivity index (χ3n) is 12.4. The lowest BCUT2D eigenvalue weighted by atomic mass is 9.70. The Morgan fingerprint density at radius 2 is 1.00 bits per heavy atom. The highest BCUT2D eigenvalue weighted by Gasteiger charge is 2.38. The van der Waals surface area contributed by atoms with Crippen molar-refractivity contribution in [2.45, 2.75) is 180 Å². The van der Waals surface area contributed by atoms with E-state index in [9.17, 15) is 4.79 Å². The molecule has 0 bridgehead atoms. The van der Waals surface area contributed by atoms with E-state index in [0.29, 0.717) is 12.0 Å². The topological polar surface area (TPSA) is 38.8 Å². The van der Waals surface area contributed by atoms with E-state index in [1.807, 2.05) is 7.11 Å². The molecule has 41 heavy (non-hydrogen) atoms. The van der Waals surface area contributed by atoms with E-state index >= 15 is 0 Å². The highest BCUT2D eigenvalue weighted by molar-refractivity contribution is 5.66. The fourth-order valence-electron chi connectivity index (χ4n) is 9.80. The summed E-state index contributed by atoms with van der Waals surface area (Å²) in [4.78, 5) is 14.7. The molecular formula is C37H63NO3. The molecule has 0 saturated heterocycles. The van der Waals surface area contributed by atoms with E-state index in [1.165, 1.54) is 116 Å². The first-order valence-corrected chi connectivity index (χ1v) is 18.1. The second-order valence-corrected chi connectivity index (χ2v) is 15.3. The Hall–Kier alpha value is -0.870. The lowest BCUT2D eigenvalue weighted by Gasteiger charge is -2.49. The summed E-state index contributed by atoms with van der Waals surface area (Å²) in [5, 5.41) is 0. The number of esters is 1. The van der Waals surface area contributed by atoms with Crippen molar-refractivity contribution < 1.29 is 14.3 Å². The van der Waals surface area contributed by atoms with Crippen molar-refractivity contribution in [1.29, 1.82) is 0 Å². The first-order chi connectivity index (χ1) is 19.9. The number of carbonyl (C=O) groups is 1. The predicted molar refractivity (Wildman–Crippen MR) is 169 cm³/mol. The van der Waals surface area contributed by atoms with Gasteiger partial charge in [0.05, 0.1) is 6.10 Å². The molecule has 4 nitrogen and oxygen atoms in total.